The van der Waals surface area contributed by atoms with Crippen molar-refractivity contribution in [2.75, 3.05) is 12.8 Å². The first-order valence-electron chi connectivity index (χ1n) is 6.69. The second kappa shape index (κ2) is 8.43. The molecule has 13 heteroatoms. The van der Waals surface area contributed by atoms with Crippen LogP contribution in [0.1, 0.15) is 33.4 Å². The molecular weight excluding hydrogens is 404 g/mol. The minimum atomic E-state index is -4.83. The molecule has 1 atom stereocenters. The number of anilines is 1. The summed E-state index contributed by atoms with van der Waals surface area (Å²) in [6.45, 7) is 3.03. The number of nitrogen functional groups attached to an aromatic ring is 1. The number of hydrogen-bond acceptors (Lipinski definition) is 9. The Bertz CT molecular complexity index is 818. The molecule has 2 heterocycles. The number of amides is 1. The van der Waals surface area contributed by atoms with Gasteiger partial charge in [0.2, 0.25) is 0 Å². The van der Waals surface area contributed by atoms with Crippen molar-refractivity contribution in [2.45, 2.75) is 33.2 Å². The lowest BCUT2D eigenvalue weighted by Crippen LogP contribution is -2.68. The van der Waals surface area contributed by atoms with Gasteiger partial charge in [0.1, 0.15) is 11.4 Å². The van der Waals surface area contributed by atoms with Gasteiger partial charge in [0.15, 0.2) is 10.9 Å². The maximum atomic E-state index is 12.4. The van der Waals surface area contributed by atoms with Crippen LogP contribution in [-0.2, 0) is 24.3 Å². The minimum absolute atomic E-state index is 0. The van der Waals surface area contributed by atoms with Crippen LogP contribution in [0.3, 0.4) is 0 Å². The van der Waals surface area contributed by atoms with E-state index in [1.54, 1.807) is 5.38 Å². The Hall–Kier alpha value is -1.54. The molecule has 1 saturated heterocycles. The second-order valence-corrected chi connectivity index (χ2v) is 7.51. The van der Waals surface area contributed by atoms with E-state index in [2.05, 4.69) is 14.3 Å². The van der Waals surface area contributed by atoms with E-state index in [1.165, 1.54) is 20.9 Å². The molecule has 0 aliphatic carbocycles. The molecule has 1 fully saturated rings. The van der Waals surface area contributed by atoms with Crippen LogP contribution in [0.2, 0.25) is 0 Å². The molecule has 2 rings (SSSR count). The van der Waals surface area contributed by atoms with Crippen molar-refractivity contribution >= 4 is 57.8 Å². The van der Waals surface area contributed by atoms with Gasteiger partial charge >= 0.3 is 10.4 Å². The number of ketones is 1. The smallest absolute Gasteiger partial charge is 0.375 e. The molecule has 1 aromatic rings. The van der Waals surface area contributed by atoms with Crippen molar-refractivity contribution in [1.29, 1.82) is 0 Å². The maximum Gasteiger partial charge on any atom is 0.418 e. The molecule has 10 nitrogen and oxygen atoms in total. The number of hydroxylamine groups is 2. The zero-order valence-corrected chi connectivity index (χ0v) is 16.2. The van der Waals surface area contributed by atoms with Gasteiger partial charge in [0, 0.05) is 18.8 Å². The fourth-order valence-corrected chi connectivity index (χ4v) is 3.43. The summed E-state index contributed by atoms with van der Waals surface area (Å²) in [5, 5.41) is 2.40. The zero-order chi connectivity index (χ0) is 18.3. The maximum absolute atomic E-state index is 12.4. The summed E-state index contributed by atoms with van der Waals surface area (Å²) in [5.74, 6) is -1.97. The molecule has 1 unspecified atom stereocenters. The molecule has 0 aromatic carbocycles. The van der Waals surface area contributed by atoms with Gasteiger partial charge in [-0.1, -0.05) is 7.43 Å². The van der Waals surface area contributed by atoms with E-state index in [1.807, 2.05) is 0 Å². The Morgan fingerprint density at radius 1 is 1.54 bits per heavy atom. The lowest BCUT2D eigenvalue weighted by molar-refractivity contribution is -0.228. The number of aliphatic imine (C=N–C) groups is 1. The fourth-order valence-electron chi connectivity index (χ4n) is 2.43. The third kappa shape index (κ3) is 4.79. The van der Waals surface area contributed by atoms with Crippen molar-refractivity contribution in [3.8, 4) is 0 Å². The van der Waals surface area contributed by atoms with Crippen molar-refractivity contribution in [3.05, 3.63) is 11.1 Å². The minimum Gasteiger partial charge on any atom is -0.375 e. The highest BCUT2D eigenvalue weighted by Gasteiger charge is 2.57. The quantitative estimate of drug-likeness (QED) is 0.385. The van der Waals surface area contributed by atoms with Crippen molar-refractivity contribution in [3.63, 3.8) is 0 Å². The number of rotatable bonds is 6. The van der Waals surface area contributed by atoms with Gasteiger partial charge in [-0.15, -0.1) is 15.6 Å². The largest absolute Gasteiger partial charge is 0.418 e. The van der Waals surface area contributed by atoms with E-state index in [0.717, 1.165) is 11.3 Å². The summed E-state index contributed by atoms with van der Waals surface area (Å²) >= 11 is 1.16. The number of aromatic nitrogens is 1. The molecule has 0 radical (unpaired) electrons. The summed E-state index contributed by atoms with van der Waals surface area (Å²) in [6, 6.07) is 0. The molecule has 26 heavy (non-hydrogen) atoms. The zero-order valence-electron chi connectivity index (χ0n) is 13.6. The molecule has 0 spiro atoms. The highest BCUT2D eigenvalue weighted by Crippen LogP contribution is 2.40. The number of nitrogens with zero attached hydrogens (tertiary/aromatic N) is 3. The van der Waals surface area contributed by atoms with Gasteiger partial charge < -0.3 is 5.73 Å². The monoisotopic (exact) mass is 426 g/mol. The number of carbonyl (C=O) groups excluding carboxylic acids is 2. The van der Waals surface area contributed by atoms with E-state index in [-0.39, 0.29) is 38.2 Å². The van der Waals surface area contributed by atoms with Gasteiger partial charge in [-0.05, 0) is 13.8 Å². The second-order valence-electron chi connectivity index (χ2n) is 5.61. The molecule has 0 saturated carbocycles. The third-order valence-corrected chi connectivity index (χ3v) is 4.70. The number of nitrogens with two attached hydrogens (primary N) is 1. The number of hydrogen-bond donors (Lipinski definition) is 2. The average molecular weight is 427 g/mol. The van der Waals surface area contributed by atoms with Crippen LogP contribution in [0, 0.1) is 5.92 Å². The van der Waals surface area contributed by atoms with Crippen LogP contribution in [0.25, 0.3) is 0 Å². The first-order valence-corrected chi connectivity index (χ1v) is 8.94. The summed E-state index contributed by atoms with van der Waals surface area (Å²) in [5.41, 5.74) is 4.84. The third-order valence-electron chi connectivity index (χ3n) is 3.68. The molecule has 1 aromatic heterocycles. The lowest BCUT2D eigenvalue weighted by Gasteiger charge is -2.50. The number of Topliss-reactive ketones (excluding diaryl/α,β-unsaturated/α-hetero) is 1. The van der Waals surface area contributed by atoms with Crippen molar-refractivity contribution < 1.29 is 26.8 Å². The van der Waals surface area contributed by atoms with Gasteiger partial charge in [0.25, 0.3) is 5.91 Å². The van der Waals surface area contributed by atoms with Gasteiger partial charge in [-0.2, -0.15) is 27.0 Å². The number of thiazole rings is 1. The SMILES string of the molecule is C.CN=C(C(=O)CC1C(=O)N(OS(=O)(=O)O)C1(C)C)c1csc(N)n1.S. The van der Waals surface area contributed by atoms with E-state index >= 15 is 0 Å². The summed E-state index contributed by atoms with van der Waals surface area (Å²) in [6.07, 6.45) is -0.207. The van der Waals surface area contributed by atoms with Crippen molar-refractivity contribution in [1.82, 2.24) is 10.0 Å². The van der Waals surface area contributed by atoms with E-state index in [0.29, 0.717) is 10.8 Å². The Balaban J connectivity index is 0.00000312. The predicted octanol–water partition coefficient (Wildman–Crippen LogP) is 0.824. The highest BCUT2D eigenvalue weighted by molar-refractivity contribution is 7.80. The van der Waals surface area contributed by atoms with E-state index in [4.69, 9.17) is 10.3 Å². The van der Waals surface area contributed by atoms with Gasteiger partial charge in [-0.3, -0.25) is 19.1 Å². The molecule has 3 N–H and O–H groups in total. The van der Waals surface area contributed by atoms with Crippen molar-refractivity contribution in [2.24, 2.45) is 10.9 Å². The summed E-state index contributed by atoms with van der Waals surface area (Å²) < 4.78 is 34.5. The van der Waals surface area contributed by atoms with Gasteiger partial charge in [-0.25, -0.2) is 4.98 Å². The Kier molecular flexibility index (Phi) is 7.93. The van der Waals surface area contributed by atoms with Gasteiger partial charge in [0.05, 0.1) is 11.5 Å². The molecule has 148 valence electrons. The van der Waals surface area contributed by atoms with Crippen LogP contribution >= 0.6 is 24.8 Å². The number of β-lactam (4-membered cyclic amide) rings is 1. The summed E-state index contributed by atoms with van der Waals surface area (Å²) in [4.78, 5) is 32.4. The molecule has 1 amide bonds. The van der Waals surface area contributed by atoms with E-state index < -0.39 is 33.5 Å². The number of carbonyl (C=O) groups is 2. The molecule has 1 aliphatic heterocycles. The Labute approximate surface area is 162 Å². The lowest BCUT2D eigenvalue weighted by atomic mass is 9.74. The predicted molar refractivity (Wildman–Crippen MR) is 103 cm³/mol. The molecule has 1 aliphatic rings. The Morgan fingerprint density at radius 3 is 2.50 bits per heavy atom. The van der Waals surface area contributed by atoms with Crippen LogP contribution in [0.15, 0.2) is 10.4 Å². The first kappa shape index (κ1) is 24.5. The molecular formula is C13H22N4O6S3. The van der Waals surface area contributed by atoms with Crippen LogP contribution < -0.4 is 5.73 Å². The van der Waals surface area contributed by atoms with E-state index in [9.17, 15) is 18.0 Å². The molecule has 0 bridgehead atoms. The van der Waals surface area contributed by atoms with Crippen LogP contribution in [0.5, 0.6) is 0 Å². The average Bonchev–Trinajstić information content (AvgIpc) is 2.88. The highest BCUT2D eigenvalue weighted by atomic mass is 32.3. The topological polar surface area (TPSA) is 152 Å². The Morgan fingerprint density at radius 2 is 2.12 bits per heavy atom. The summed E-state index contributed by atoms with van der Waals surface area (Å²) in [7, 11) is -3.41. The standard InChI is InChI=1S/C12H16N4O6S2.CH4.H2S/c1-12(2)6(10(18)16(12)22-24(19,20)21)4-8(17)9(14-3)7-5-23-11(13)15-7;;/h5-6H,4H2,1-3H3,(H2,13,15)(H,19,20,21);1H4;1H2. The van der Waals surface area contributed by atoms with Crippen LogP contribution in [0.4, 0.5) is 5.13 Å². The fraction of sp³-hybridized carbons (Fsp3) is 0.538. The first-order chi connectivity index (χ1) is 11.0. The van der Waals surface area contributed by atoms with Crippen LogP contribution in [-0.4, -0.2) is 53.0 Å². The normalized spacial score (nSPS) is 19.2.